The highest BCUT2D eigenvalue weighted by Gasteiger charge is 2.09. The molecule has 1 heterocycles. The van der Waals surface area contributed by atoms with Crippen molar-refractivity contribution < 1.29 is 4.39 Å². The molecule has 0 spiro atoms. The first-order chi connectivity index (χ1) is 8.06. The molecule has 0 saturated heterocycles. The molecule has 0 amide bonds. The molecule has 0 aliphatic carbocycles. The zero-order chi connectivity index (χ0) is 12.4. The smallest absolute Gasteiger partial charge is 0.132 e. The summed E-state index contributed by atoms with van der Waals surface area (Å²) in [6.07, 6.45) is 0. The van der Waals surface area contributed by atoms with Gasteiger partial charge in [-0.25, -0.2) is 9.37 Å². The molecule has 2 rings (SSSR count). The van der Waals surface area contributed by atoms with E-state index in [1.54, 1.807) is 18.2 Å². The highest BCUT2D eigenvalue weighted by molar-refractivity contribution is 6.39. The minimum Gasteiger partial charge on any atom is -0.384 e. The summed E-state index contributed by atoms with van der Waals surface area (Å²) in [5.74, 6) is 0.357. The van der Waals surface area contributed by atoms with Crippen molar-refractivity contribution >= 4 is 40.5 Å². The molecule has 88 valence electrons. The molecule has 3 N–H and O–H groups in total. The van der Waals surface area contributed by atoms with E-state index in [-0.39, 0.29) is 10.0 Å². The van der Waals surface area contributed by atoms with Crippen LogP contribution >= 0.6 is 23.2 Å². The van der Waals surface area contributed by atoms with Crippen molar-refractivity contribution in [2.75, 3.05) is 11.1 Å². The Balaban J connectivity index is 2.36. The minimum absolute atomic E-state index is 0.180. The number of nitrogens with zero attached hydrogens (tertiary/aromatic N) is 1. The Morgan fingerprint density at radius 3 is 2.41 bits per heavy atom. The third-order valence-electron chi connectivity index (χ3n) is 2.03. The Morgan fingerprint density at radius 2 is 1.82 bits per heavy atom. The molecule has 2 aromatic rings. The van der Waals surface area contributed by atoms with E-state index in [2.05, 4.69) is 10.3 Å². The van der Waals surface area contributed by atoms with Gasteiger partial charge in [0.2, 0.25) is 0 Å². The zero-order valence-electron chi connectivity index (χ0n) is 8.55. The lowest BCUT2D eigenvalue weighted by atomic mass is 10.3. The monoisotopic (exact) mass is 271 g/mol. The number of anilines is 3. The second kappa shape index (κ2) is 4.77. The first-order valence-electron chi connectivity index (χ1n) is 4.70. The SMILES string of the molecule is Nc1cccc(Nc2c(Cl)cc(F)cc2Cl)n1. The summed E-state index contributed by atoms with van der Waals surface area (Å²) in [4.78, 5) is 4.03. The lowest BCUT2D eigenvalue weighted by Crippen LogP contribution is -1.98. The molecular formula is C11H8Cl2FN3. The van der Waals surface area contributed by atoms with Crippen LogP contribution in [0.25, 0.3) is 0 Å². The Morgan fingerprint density at radius 1 is 1.18 bits per heavy atom. The van der Waals surface area contributed by atoms with Crippen LogP contribution in [-0.4, -0.2) is 4.98 Å². The maximum Gasteiger partial charge on any atom is 0.132 e. The van der Waals surface area contributed by atoms with Gasteiger partial charge in [-0.05, 0) is 24.3 Å². The Labute approximate surface area is 107 Å². The number of rotatable bonds is 2. The van der Waals surface area contributed by atoms with E-state index in [0.29, 0.717) is 17.3 Å². The summed E-state index contributed by atoms with van der Waals surface area (Å²) < 4.78 is 13.0. The van der Waals surface area contributed by atoms with Gasteiger partial charge in [0.1, 0.15) is 17.5 Å². The molecule has 0 bridgehead atoms. The van der Waals surface area contributed by atoms with Crippen LogP contribution in [0.4, 0.5) is 21.7 Å². The molecule has 0 unspecified atom stereocenters. The highest BCUT2D eigenvalue weighted by atomic mass is 35.5. The van der Waals surface area contributed by atoms with E-state index in [0.717, 1.165) is 0 Å². The number of nitrogens with one attached hydrogen (secondary N) is 1. The quantitative estimate of drug-likeness (QED) is 0.872. The number of hydrogen-bond acceptors (Lipinski definition) is 3. The van der Waals surface area contributed by atoms with E-state index >= 15 is 0 Å². The molecular weight excluding hydrogens is 264 g/mol. The fraction of sp³-hybridized carbons (Fsp3) is 0. The standard InChI is InChI=1S/C11H8Cl2FN3/c12-7-4-6(14)5-8(13)11(7)17-10-3-1-2-9(15)16-10/h1-5H,(H3,15,16,17). The first kappa shape index (κ1) is 12.0. The Bertz CT molecular complexity index is 537. The largest absolute Gasteiger partial charge is 0.384 e. The van der Waals surface area contributed by atoms with Crippen LogP contribution in [0.5, 0.6) is 0 Å². The molecule has 6 heteroatoms. The topological polar surface area (TPSA) is 50.9 Å². The average Bonchev–Trinajstić information content (AvgIpc) is 2.23. The molecule has 1 aromatic carbocycles. The second-order valence-corrected chi connectivity index (χ2v) is 4.13. The zero-order valence-corrected chi connectivity index (χ0v) is 10.1. The normalized spacial score (nSPS) is 10.3. The predicted molar refractivity (Wildman–Crippen MR) is 68.4 cm³/mol. The summed E-state index contributed by atoms with van der Waals surface area (Å²) in [6, 6.07) is 7.42. The van der Waals surface area contributed by atoms with Gasteiger partial charge >= 0.3 is 0 Å². The fourth-order valence-electron chi connectivity index (χ4n) is 1.31. The maximum atomic E-state index is 13.0. The van der Waals surface area contributed by atoms with Crippen molar-refractivity contribution in [1.82, 2.24) is 4.98 Å². The van der Waals surface area contributed by atoms with E-state index in [1.807, 2.05) is 0 Å². The number of aromatic nitrogens is 1. The molecule has 3 nitrogen and oxygen atoms in total. The molecule has 0 radical (unpaired) electrons. The Hall–Kier alpha value is -1.52. The summed E-state index contributed by atoms with van der Waals surface area (Å²) in [7, 11) is 0. The highest BCUT2D eigenvalue weighted by Crippen LogP contribution is 2.33. The number of nitrogen functional groups attached to an aromatic ring is 1. The van der Waals surface area contributed by atoms with Gasteiger partial charge in [-0.1, -0.05) is 29.3 Å². The van der Waals surface area contributed by atoms with Gasteiger partial charge in [0.25, 0.3) is 0 Å². The van der Waals surface area contributed by atoms with E-state index in [1.165, 1.54) is 12.1 Å². The number of pyridine rings is 1. The van der Waals surface area contributed by atoms with Crippen LogP contribution < -0.4 is 11.1 Å². The average molecular weight is 272 g/mol. The fourth-order valence-corrected chi connectivity index (χ4v) is 1.87. The van der Waals surface area contributed by atoms with Crippen LogP contribution in [0.15, 0.2) is 30.3 Å². The molecule has 0 atom stereocenters. The summed E-state index contributed by atoms with van der Waals surface area (Å²) in [5, 5.41) is 3.25. The van der Waals surface area contributed by atoms with Crippen LogP contribution in [0.2, 0.25) is 10.0 Å². The first-order valence-corrected chi connectivity index (χ1v) is 5.46. The van der Waals surface area contributed by atoms with E-state index in [4.69, 9.17) is 28.9 Å². The molecule has 0 aliphatic rings. The number of nitrogens with two attached hydrogens (primary N) is 1. The van der Waals surface area contributed by atoms with Crippen LogP contribution in [-0.2, 0) is 0 Å². The number of hydrogen-bond donors (Lipinski definition) is 2. The molecule has 17 heavy (non-hydrogen) atoms. The van der Waals surface area contributed by atoms with Gasteiger partial charge in [0.15, 0.2) is 0 Å². The minimum atomic E-state index is -0.494. The summed E-state index contributed by atoms with van der Waals surface area (Å²) in [6.45, 7) is 0. The van der Waals surface area contributed by atoms with E-state index in [9.17, 15) is 4.39 Å². The van der Waals surface area contributed by atoms with Crippen LogP contribution in [0, 0.1) is 5.82 Å². The van der Waals surface area contributed by atoms with Crippen molar-refractivity contribution in [3.8, 4) is 0 Å². The van der Waals surface area contributed by atoms with Gasteiger partial charge in [0, 0.05) is 0 Å². The van der Waals surface area contributed by atoms with Gasteiger partial charge in [-0.3, -0.25) is 0 Å². The van der Waals surface area contributed by atoms with Crippen molar-refractivity contribution in [2.45, 2.75) is 0 Å². The summed E-state index contributed by atoms with van der Waals surface area (Å²) in [5.41, 5.74) is 5.93. The third-order valence-corrected chi connectivity index (χ3v) is 2.63. The van der Waals surface area contributed by atoms with Crippen molar-refractivity contribution in [1.29, 1.82) is 0 Å². The lowest BCUT2D eigenvalue weighted by Gasteiger charge is -2.10. The van der Waals surface area contributed by atoms with Gasteiger partial charge in [-0.15, -0.1) is 0 Å². The molecule has 0 saturated carbocycles. The van der Waals surface area contributed by atoms with Crippen LogP contribution in [0.3, 0.4) is 0 Å². The molecule has 0 fully saturated rings. The third kappa shape index (κ3) is 2.78. The van der Waals surface area contributed by atoms with E-state index < -0.39 is 5.82 Å². The van der Waals surface area contributed by atoms with Crippen molar-refractivity contribution in [3.63, 3.8) is 0 Å². The maximum absolute atomic E-state index is 13.0. The molecule has 0 aliphatic heterocycles. The predicted octanol–water partition coefficient (Wildman–Crippen LogP) is 3.85. The number of halogens is 3. The number of benzene rings is 1. The van der Waals surface area contributed by atoms with Crippen molar-refractivity contribution in [2.24, 2.45) is 0 Å². The van der Waals surface area contributed by atoms with Crippen LogP contribution in [0.1, 0.15) is 0 Å². The summed E-state index contributed by atoms with van der Waals surface area (Å²) >= 11 is 11.8. The van der Waals surface area contributed by atoms with Gasteiger partial charge < -0.3 is 11.1 Å². The van der Waals surface area contributed by atoms with Crippen molar-refractivity contribution in [3.05, 3.63) is 46.2 Å². The molecule has 1 aromatic heterocycles. The second-order valence-electron chi connectivity index (χ2n) is 3.32. The Kier molecular flexibility index (Phi) is 3.36. The van der Waals surface area contributed by atoms with Gasteiger partial charge in [-0.2, -0.15) is 0 Å². The van der Waals surface area contributed by atoms with Gasteiger partial charge in [0.05, 0.1) is 15.7 Å². The lowest BCUT2D eigenvalue weighted by molar-refractivity contribution is 0.628.